The highest BCUT2D eigenvalue weighted by Gasteiger charge is 2.16. The topological polar surface area (TPSA) is 97.6 Å². The van der Waals surface area contributed by atoms with Gasteiger partial charge in [0.15, 0.2) is 0 Å². The molecule has 41 heavy (non-hydrogen) atoms. The molecule has 9 heteroatoms. The Morgan fingerprint density at radius 2 is 1.61 bits per heavy atom. The number of ether oxygens (including phenoxy) is 1. The van der Waals surface area contributed by atoms with Gasteiger partial charge in [-0.15, -0.1) is 0 Å². The van der Waals surface area contributed by atoms with Crippen LogP contribution >= 0.6 is 11.6 Å². The van der Waals surface area contributed by atoms with Crippen molar-refractivity contribution in [1.29, 1.82) is 0 Å². The van der Waals surface area contributed by atoms with E-state index in [-0.39, 0.29) is 0 Å². The maximum Gasteiger partial charge on any atom is 0.329 e. The van der Waals surface area contributed by atoms with Crippen LogP contribution in [-0.4, -0.2) is 27.8 Å². The standard InChI is InChI=1S/C32H26ClN5O3/c1-22-28(33)13-8-14-29(22)35-31(39)32(40)36-34-19-25-20-38(26-11-6-3-7-12-26)37-30(25)24-15-17-27(18-16-24)41-21-23-9-4-2-5-10-23/h2-20H,21H2,1H3,(H,35,39)(H,36,40)/b34-19-. The van der Waals surface area contributed by atoms with Gasteiger partial charge in [-0.3, -0.25) is 9.59 Å². The lowest BCUT2D eigenvalue weighted by Gasteiger charge is -2.08. The highest BCUT2D eigenvalue weighted by Crippen LogP contribution is 2.26. The molecule has 204 valence electrons. The molecule has 0 saturated heterocycles. The third kappa shape index (κ3) is 6.87. The molecule has 0 spiro atoms. The van der Waals surface area contributed by atoms with Crippen molar-refractivity contribution in [2.24, 2.45) is 5.10 Å². The third-order valence-corrected chi connectivity index (χ3v) is 6.64. The van der Waals surface area contributed by atoms with Crippen LogP contribution < -0.4 is 15.5 Å². The smallest absolute Gasteiger partial charge is 0.329 e. The van der Waals surface area contributed by atoms with E-state index in [1.165, 1.54) is 6.21 Å². The molecule has 5 rings (SSSR count). The van der Waals surface area contributed by atoms with Crippen molar-refractivity contribution in [3.63, 3.8) is 0 Å². The van der Waals surface area contributed by atoms with E-state index in [9.17, 15) is 9.59 Å². The van der Waals surface area contributed by atoms with Gasteiger partial charge in [-0.25, -0.2) is 10.1 Å². The zero-order valence-electron chi connectivity index (χ0n) is 22.1. The first kappa shape index (κ1) is 27.4. The second-order valence-corrected chi connectivity index (χ2v) is 9.48. The number of amides is 2. The Morgan fingerprint density at radius 1 is 0.902 bits per heavy atom. The lowest BCUT2D eigenvalue weighted by Crippen LogP contribution is -2.32. The van der Waals surface area contributed by atoms with Crippen LogP contribution in [0.3, 0.4) is 0 Å². The van der Waals surface area contributed by atoms with Crippen LogP contribution in [0.1, 0.15) is 16.7 Å². The van der Waals surface area contributed by atoms with Crippen LogP contribution in [0.15, 0.2) is 114 Å². The zero-order valence-corrected chi connectivity index (χ0v) is 22.9. The van der Waals surface area contributed by atoms with Gasteiger partial charge < -0.3 is 10.1 Å². The molecular weight excluding hydrogens is 538 g/mol. The second kappa shape index (κ2) is 12.8. The van der Waals surface area contributed by atoms with E-state index in [1.807, 2.05) is 84.9 Å². The fourth-order valence-electron chi connectivity index (χ4n) is 4.00. The zero-order chi connectivity index (χ0) is 28.6. The predicted molar refractivity (Wildman–Crippen MR) is 160 cm³/mol. The molecule has 0 radical (unpaired) electrons. The molecule has 0 saturated carbocycles. The number of benzene rings is 4. The van der Waals surface area contributed by atoms with E-state index in [1.54, 1.807) is 36.0 Å². The maximum absolute atomic E-state index is 12.4. The number of hydrogen-bond acceptors (Lipinski definition) is 5. The highest BCUT2D eigenvalue weighted by atomic mass is 35.5. The van der Waals surface area contributed by atoms with Crippen LogP contribution in [0.25, 0.3) is 16.9 Å². The van der Waals surface area contributed by atoms with Crippen molar-refractivity contribution < 1.29 is 14.3 Å². The van der Waals surface area contributed by atoms with Gasteiger partial charge in [-0.2, -0.15) is 10.2 Å². The molecule has 2 N–H and O–H groups in total. The molecule has 2 amide bonds. The molecule has 0 aliphatic heterocycles. The van der Waals surface area contributed by atoms with Gasteiger partial charge in [0.2, 0.25) is 0 Å². The Morgan fingerprint density at radius 3 is 2.34 bits per heavy atom. The summed E-state index contributed by atoms with van der Waals surface area (Å²) in [6.07, 6.45) is 3.26. The summed E-state index contributed by atoms with van der Waals surface area (Å²) in [5, 5.41) is 11.8. The predicted octanol–water partition coefficient (Wildman–Crippen LogP) is 6.17. The number of anilines is 1. The quantitative estimate of drug-likeness (QED) is 0.134. The number of nitrogens with one attached hydrogen (secondary N) is 2. The molecule has 0 aliphatic carbocycles. The minimum atomic E-state index is -0.919. The Hall–Kier alpha value is -5.21. The number of carbonyl (C=O) groups excluding carboxylic acids is 2. The number of hydrazone groups is 1. The summed E-state index contributed by atoms with van der Waals surface area (Å²) < 4.78 is 7.64. The molecule has 4 aromatic carbocycles. The van der Waals surface area contributed by atoms with Crippen molar-refractivity contribution in [2.75, 3.05) is 5.32 Å². The molecule has 8 nitrogen and oxygen atoms in total. The van der Waals surface area contributed by atoms with Crippen LogP contribution in [0.2, 0.25) is 5.02 Å². The molecule has 0 aliphatic rings. The monoisotopic (exact) mass is 563 g/mol. The van der Waals surface area contributed by atoms with Crippen LogP contribution in [0.4, 0.5) is 5.69 Å². The molecule has 5 aromatic rings. The Labute approximate surface area is 242 Å². The van der Waals surface area contributed by atoms with Gasteiger partial charge in [-0.05, 0) is 66.6 Å². The molecule has 0 atom stereocenters. The first-order valence-corrected chi connectivity index (χ1v) is 13.2. The summed E-state index contributed by atoms with van der Waals surface area (Å²) in [6.45, 7) is 2.22. The normalized spacial score (nSPS) is 10.9. The Kier molecular flexibility index (Phi) is 8.52. The summed E-state index contributed by atoms with van der Waals surface area (Å²) in [5.74, 6) is -1.06. The van der Waals surface area contributed by atoms with Crippen LogP contribution in [0, 0.1) is 6.92 Å². The Balaban J connectivity index is 1.32. The number of carbonyl (C=O) groups is 2. The summed E-state index contributed by atoms with van der Waals surface area (Å²) in [6, 6.07) is 32.2. The number of hydrogen-bond donors (Lipinski definition) is 2. The van der Waals surface area contributed by atoms with E-state index < -0.39 is 11.8 Å². The van der Waals surface area contributed by atoms with E-state index in [2.05, 4.69) is 15.8 Å². The van der Waals surface area contributed by atoms with Gasteiger partial charge in [0.25, 0.3) is 0 Å². The molecule has 0 fully saturated rings. The van der Waals surface area contributed by atoms with Crippen LogP contribution in [0.5, 0.6) is 5.75 Å². The van der Waals surface area contributed by atoms with E-state index in [4.69, 9.17) is 21.4 Å². The summed E-state index contributed by atoms with van der Waals surface area (Å²) >= 11 is 6.10. The third-order valence-electron chi connectivity index (χ3n) is 6.23. The maximum atomic E-state index is 12.4. The van der Waals surface area contributed by atoms with E-state index >= 15 is 0 Å². The number of halogens is 1. The largest absolute Gasteiger partial charge is 0.489 e. The van der Waals surface area contributed by atoms with Gasteiger partial charge in [0.05, 0.1) is 11.9 Å². The van der Waals surface area contributed by atoms with E-state index in [0.29, 0.717) is 34.1 Å². The summed E-state index contributed by atoms with van der Waals surface area (Å²) in [7, 11) is 0. The number of nitrogens with zero attached hydrogens (tertiary/aromatic N) is 3. The summed E-state index contributed by atoms with van der Waals surface area (Å²) in [5.41, 5.74) is 7.43. The molecular formula is C32H26ClN5O3. The van der Waals surface area contributed by atoms with Gasteiger partial charge in [0, 0.05) is 28.0 Å². The van der Waals surface area contributed by atoms with Crippen molar-refractivity contribution in [2.45, 2.75) is 13.5 Å². The average Bonchev–Trinajstić information content (AvgIpc) is 3.43. The average molecular weight is 564 g/mol. The van der Waals surface area contributed by atoms with Crippen molar-refractivity contribution in [3.05, 3.63) is 131 Å². The lowest BCUT2D eigenvalue weighted by atomic mass is 10.1. The number of rotatable bonds is 8. The van der Waals surface area contributed by atoms with Gasteiger partial charge in [0.1, 0.15) is 18.1 Å². The lowest BCUT2D eigenvalue weighted by molar-refractivity contribution is -0.136. The van der Waals surface area contributed by atoms with Crippen LogP contribution in [-0.2, 0) is 16.2 Å². The first-order valence-electron chi connectivity index (χ1n) is 12.8. The molecule has 1 heterocycles. The van der Waals surface area contributed by atoms with E-state index in [0.717, 1.165) is 22.6 Å². The fraction of sp³-hybridized carbons (Fsp3) is 0.0625. The first-order chi connectivity index (χ1) is 20.0. The molecule has 0 bridgehead atoms. The number of para-hydroxylation sites is 1. The van der Waals surface area contributed by atoms with Gasteiger partial charge >= 0.3 is 11.8 Å². The second-order valence-electron chi connectivity index (χ2n) is 9.08. The summed E-state index contributed by atoms with van der Waals surface area (Å²) in [4.78, 5) is 24.8. The van der Waals surface area contributed by atoms with Crippen molar-refractivity contribution >= 4 is 35.3 Å². The molecule has 1 aromatic heterocycles. The van der Waals surface area contributed by atoms with Gasteiger partial charge in [-0.1, -0.05) is 66.2 Å². The highest BCUT2D eigenvalue weighted by molar-refractivity contribution is 6.40. The Bertz CT molecular complexity index is 1680. The minimum Gasteiger partial charge on any atom is -0.489 e. The molecule has 0 unspecified atom stereocenters. The SMILES string of the molecule is Cc1c(Cl)cccc1NC(=O)C(=O)N/N=C\c1cn(-c2ccccc2)nc1-c1ccc(OCc2ccccc2)cc1. The number of aromatic nitrogens is 2. The fourth-order valence-corrected chi connectivity index (χ4v) is 4.18. The minimum absolute atomic E-state index is 0.448. The van der Waals surface area contributed by atoms with Crippen molar-refractivity contribution in [3.8, 4) is 22.7 Å². The van der Waals surface area contributed by atoms with Crippen molar-refractivity contribution in [1.82, 2.24) is 15.2 Å².